The van der Waals surface area contributed by atoms with Crippen LogP contribution in [0.5, 0.6) is 5.75 Å². The Kier molecular flexibility index (Phi) is 6.25. The lowest BCUT2D eigenvalue weighted by molar-refractivity contribution is -0.138. The van der Waals surface area contributed by atoms with E-state index in [1.54, 1.807) is 19.1 Å². The fourth-order valence-electron chi connectivity index (χ4n) is 2.95. The summed E-state index contributed by atoms with van der Waals surface area (Å²) >= 11 is 5.38. The standard InChI is InChI=1S/C21H19N3O3S/c1-2-26-20(25)17-18(14-6-4-3-5-7-14)23-21(28)24-19(17)15-8-10-16(11-9-15)27-13-12-22/h3-11,19H,2,13H2,1H3,(H2,23,24,28)/t19-/m0/s1. The SMILES string of the molecule is CCOC(=O)C1=C(c2ccccc2)NC(=S)N[C@H]1c1ccc(OCC#N)cc1. The van der Waals surface area contributed by atoms with E-state index in [4.69, 9.17) is 27.0 Å². The molecule has 6 nitrogen and oxygen atoms in total. The molecule has 2 aromatic carbocycles. The Bertz CT molecular complexity index is 934. The largest absolute Gasteiger partial charge is 0.479 e. The molecule has 3 rings (SSSR count). The van der Waals surface area contributed by atoms with E-state index in [9.17, 15) is 4.79 Å². The maximum absolute atomic E-state index is 12.8. The minimum Gasteiger partial charge on any atom is -0.479 e. The number of benzene rings is 2. The molecule has 1 aliphatic heterocycles. The van der Waals surface area contributed by atoms with Crippen molar-refractivity contribution in [3.63, 3.8) is 0 Å². The third-order valence-electron chi connectivity index (χ3n) is 4.15. The van der Waals surface area contributed by atoms with E-state index in [-0.39, 0.29) is 13.2 Å². The summed E-state index contributed by atoms with van der Waals surface area (Å²) in [5, 5.41) is 15.3. The van der Waals surface area contributed by atoms with Gasteiger partial charge in [0.25, 0.3) is 0 Å². The molecule has 0 unspecified atom stereocenters. The summed E-state index contributed by atoms with van der Waals surface area (Å²) < 4.78 is 10.6. The van der Waals surface area contributed by atoms with Gasteiger partial charge in [0.2, 0.25) is 0 Å². The molecule has 0 spiro atoms. The Balaban J connectivity index is 2.05. The van der Waals surface area contributed by atoms with E-state index < -0.39 is 12.0 Å². The lowest BCUT2D eigenvalue weighted by atomic mass is 9.93. The van der Waals surface area contributed by atoms with Gasteiger partial charge in [-0.2, -0.15) is 5.26 Å². The van der Waals surface area contributed by atoms with Crippen molar-refractivity contribution < 1.29 is 14.3 Å². The summed E-state index contributed by atoms with van der Waals surface area (Å²) in [4.78, 5) is 12.8. The second-order valence-corrected chi connectivity index (χ2v) is 6.33. The van der Waals surface area contributed by atoms with Crippen LogP contribution >= 0.6 is 12.2 Å². The van der Waals surface area contributed by atoms with Crippen LogP contribution in [0.15, 0.2) is 60.2 Å². The molecule has 0 saturated heterocycles. The number of ether oxygens (including phenoxy) is 2. The molecule has 1 heterocycles. The van der Waals surface area contributed by atoms with Gasteiger partial charge in [-0.3, -0.25) is 0 Å². The minimum atomic E-state index is -0.479. The van der Waals surface area contributed by atoms with Gasteiger partial charge in [0, 0.05) is 0 Å². The lowest BCUT2D eigenvalue weighted by Gasteiger charge is -2.31. The third kappa shape index (κ3) is 4.30. The fourth-order valence-corrected chi connectivity index (χ4v) is 3.17. The average molecular weight is 393 g/mol. The third-order valence-corrected chi connectivity index (χ3v) is 4.37. The number of thiocarbonyl (C=S) groups is 1. The predicted octanol–water partition coefficient (Wildman–Crippen LogP) is 3.08. The van der Waals surface area contributed by atoms with Crippen molar-refractivity contribution >= 4 is 29.0 Å². The molecular formula is C21H19N3O3S. The number of esters is 1. The molecule has 1 aliphatic rings. The molecule has 0 saturated carbocycles. The summed E-state index contributed by atoms with van der Waals surface area (Å²) in [6.45, 7) is 2.01. The van der Waals surface area contributed by atoms with Gasteiger partial charge in [-0.25, -0.2) is 4.79 Å². The molecule has 28 heavy (non-hydrogen) atoms. The Morgan fingerprint density at radius 2 is 1.89 bits per heavy atom. The quantitative estimate of drug-likeness (QED) is 0.576. The van der Waals surface area contributed by atoms with Crippen LogP contribution in [0, 0.1) is 11.3 Å². The number of hydrogen-bond acceptors (Lipinski definition) is 5. The monoisotopic (exact) mass is 393 g/mol. The highest BCUT2D eigenvalue weighted by Crippen LogP contribution is 2.32. The first-order valence-corrected chi connectivity index (χ1v) is 9.18. The van der Waals surface area contributed by atoms with Crippen molar-refractivity contribution in [1.82, 2.24) is 10.6 Å². The average Bonchev–Trinajstić information content (AvgIpc) is 2.72. The molecule has 142 valence electrons. The maximum atomic E-state index is 12.8. The number of nitrogens with zero attached hydrogens (tertiary/aromatic N) is 1. The van der Waals surface area contributed by atoms with E-state index in [0.29, 0.717) is 22.1 Å². The van der Waals surface area contributed by atoms with E-state index in [1.807, 2.05) is 48.5 Å². The summed E-state index contributed by atoms with van der Waals surface area (Å²) in [6.07, 6.45) is 0. The summed E-state index contributed by atoms with van der Waals surface area (Å²) in [5.74, 6) is 0.158. The zero-order valence-electron chi connectivity index (χ0n) is 15.3. The van der Waals surface area contributed by atoms with Crippen LogP contribution in [-0.4, -0.2) is 24.3 Å². The highest BCUT2D eigenvalue weighted by Gasteiger charge is 2.33. The van der Waals surface area contributed by atoms with E-state index in [1.165, 1.54) is 0 Å². The fraction of sp³-hybridized carbons (Fsp3) is 0.190. The van der Waals surface area contributed by atoms with Crippen LogP contribution in [0.3, 0.4) is 0 Å². The maximum Gasteiger partial charge on any atom is 0.338 e. The van der Waals surface area contributed by atoms with Crippen LogP contribution < -0.4 is 15.4 Å². The molecule has 0 aromatic heterocycles. The molecule has 1 atom stereocenters. The smallest absolute Gasteiger partial charge is 0.338 e. The van der Waals surface area contributed by atoms with Crippen LogP contribution in [0.1, 0.15) is 24.1 Å². The first-order valence-electron chi connectivity index (χ1n) is 8.78. The molecule has 2 aromatic rings. The van der Waals surface area contributed by atoms with Gasteiger partial charge < -0.3 is 20.1 Å². The van der Waals surface area contributed by atoms with Gasteiger partial charge in [0.05, 0.1) is 23.9 Å². The Morgan fingerprint density at radius 1 is 1.18 bits per heavy atom. The zero-order chi connectivity index (χ0) is 19.9. The number of nitriles is 1. The second-order valence-electron chi connectivity index (χ2n) is 5.92. The van der Waals surface area contributed by atoms with Crippen molar-refractivity contribution in [3.05, 3.63) is 71.3 Å². The molecule has 0 radical (unpaired) electrons. The van der Waals surface area contributed by atoms with Crippen LogP contribution in [0.4, 0.5) is 0 Å². The van der Waals surface area contributed by atoms with Gasteiger partial charge in [0.1, 0.15) is 11.8 Å². The van der Waals surface area contributed by atoms with Gasteiger partial charge in [-0.1, -0.05) is 42.5 Å². The van der Waals surface area contributed by atoms with E-state index in [2.05, 4.69) is 10.6 Å². The number of carbonyl (C=O) groups is 1. The van der Waals surface area contributed by atoms with Gasteiger partial charge in [0.15, 0.2) is 11.7 Å². The first kappa shape index (κ1) is 19.4. The highest BCUT2D eigenvalue weighted by atomic mass is 32.1. The summed E-state index contributed by atoms with van der Waals surface area (Å²) in [5.41, 5.74) is 2.74. The molecule has 0 bridgehead atoms. The topological polar surface area (TPSA) is 83.4 Å². The lowest BCUT2D eigenvalue weighted by Crippen LogP contribution is -2.45. The highest BCUT2D eigenvalue weighted by molar-refractivity contribution is 7.80. The number of nitrogens with one attached hydrogen (secondary N) is 2. The zero-order valence-corrected chi connectivity index (χ0v) is 16.1. The Labute approximate surface area is 168 Å². The summed E-state index contributed by atoms with van der Waals surface area (Å²) in [7, 11) is 0. The van der Waals surface area contributed by atoms with Crippen molar-refractivity contribution in [2.75, 3.05) is 13.2 Å². The van der Waals surface area contributed by atoms with Gasteiger partial charge >= 0.3 is 5.97 Å². The van der Waals surface area contributed by atoms with Crippen molar-refractivity contribution in [3.8, 4) is 11.8 Å². The van der Waals surface area contributed by atoms with Crippen LogP contribution in [0.2, 0.25) is 0 Å². The molecule has 7 heteroatoms. The normalized spacial score (nSPS) is 15.9. The van der Waals surface area contributed by atoms with Crippen molar-refractivity contribution in [2.45, 2.75) is 13.0 Å². The molecule has 2 N–H and O–H groups in total. The molecule has 0 amide bonds. The number of hydrogen-bond donors (Lipinski definition) is 2. The van der Waals surface area contributed by atoms with Crippen molar-refractivity contribution in [2.24, 2.45) is 0 Å². The van der Waals surface area contributed by atoms with E-state index in [0.717, 1.165) is 11.1 Å². The number of rotatable bonds is 6. The summed E-state index contributed by atoms with van der Waals surface area (Å²) in [6, 6.07) is 18.1. The first-order chi connectivity index (χ1) is 13.6. The molecular weight excluding hydrogens is 374 g/mol. The minimum absolute atomic E-state index is 0.0266. The van der Waals surface area contributed by atoms with E-state index >= 15 is 0 Å². The van der Waals surface area contributed by atoms with Crippen LogP contribution in [0.25, 0.3) is 5.70 Å². The van der Waals surface area contributed by atoms with Crippen molar-refractivity contribution in [1.29, 1.82) is 5.26 Å². The second kappa shape index (κ2) is 9.02. The Hall–Kier alpha value is -3.37. The molecule has 0 fully saturated rings. The predicted molar refractivity (Wildman–Crippen MR) is 109 cm³/mol. The van der Waals surface area contributed by atoms with Gasteiger partial charge in [-0.05, 0) is 42.4 Å². The molecule has 0 aliphatic carbocycles. The Morgan fingerprint density at radius 3 is 2.54 bits per heavy atom. The number of carbonyl (C=O) groups excluding carboxylic acids is 1. The van der Waals surface area contributed by atoms with Gasteiger partial charge in [-0.15, -0.1) is 0 Å². The van der Waals surface area contributed by atoms with Crippen LogP contribution in [-0.2, 0) is 9.53 Å².